The third-order valence-corrected chi connectivity index (χ3v) is 5.95. The van der Waals surface area contributed by atoms with E-state index >= 15 is 0 Å². The van der Waals surface area contributed by atoms with E-state index in [1.54, 1.807) is 50.4 Å². The van der Waals surface area contributed by atoms with Crippen molar-refractivity contribution in [3.8, 4) is 11.5 Å². The fourth-order valence-corrected chi connectivity index (χ4v) is 4.12. The van der Waals surface area contributed by atoms with Gasteiger partial charge in [-0.05, 0) is 25.2 Å². The zero-order chi connectivity index (χ0) is 23.7. The number of hydrogen-bond donors (Lipinski definition) is 1. The number of likely N-dealkylation sites (N-methyl/N-ethyl adjacent to an activating group) is 2. The largest absolute Gasteiger partial charge is 0.493 e. The van der Waals surface area contributed by atoms with Gasteiger partial charge in [0.05, 0.1) is 29.4 Å². The van der Waals surface area contributed by atoms with Gasteiger partial charge in [0.25, 0.3) is 0 Å². The number of methoxy groups -OCH3 is 1. The van der Waals surface area contributed by atoms with Crippen LogP contribution < -0.4 is 14.8 Å². The van der Waals surface area contributed by atoms with Crippen LogP contribution in [0.25, 0.3) is 10.9 Å². The summed E-state index contributed by atoms with van der Waals surface area (Å²) in [5, 5.41) is 3.63. The van der Waals surface area contributed by atoms with Gasteiger partial charge in [-0.2, -0.15) is 0 Å². The summed E-state index contributed by atoms with van der Waals surface area (Å²) in [6.45, 7) is 0.593. The molecule has 0 bridgehead atoms. The number of nitrogens with zero attached hydrogens (tertiary/aromatic N) is 4. The Morgan fingerprint density at radius 1 is 1.27 bits per heavy atom. The van der Waals surface area contributed by atoms with Crippen molar-refractivity contribution in [1.29, 1.82) is 0 Å². The zero-order valence-corrected chi connectivity index (χ0v) is 19.6. The number of fused-ring (bicyclic) bond motifs is 1. The molecule has 1 amide bonds. The van der Waals surface area contributed by atoms with Gasteiger partial charge in [0.1, 0.15) is 18.2 Å². The van der Waals surface area contributed by atoms with Crippen LogP contribution >= 0.6 is 11.6 Å². The maximum atomic E-state index is 14.4. The molecule has 0 aliphatic carbocycles. The number of hydrogen-bond acceptors (Lipinski definition) is 7. The van der Waals surface area contributed by atoms with Gasteiger partial charge in [0, 0.05) is 38.5 Å². The number of anilines is 2. The van der Waals surface area contributed by atoms with Crippen molar-refractivity contribution in [1.82, 2.24) is 19.8 Å². The standard InChI is InChI=1S/C23H25ClFN5O3/c1-29(2)23(31)18-8-13(11-30(18)3)33-20-9-14-17(10-19(20)32-4)26-12-27-22(14)28-16-7-5-6-15(24)21(16)25/h5-7,9-10,12-13,18H,8,11H2,1-4H3,(H,26,27,28)/t13-,18+/m1/s1. The number of rotatable bonds is 6. The lowest BCUT2D eigenvalue weighted by Crippen LogP contribution is -2.40. The van der Waals surface area contributed by atoms with Gasteiger partial charge in [-0.3, -0.25) is 9.69 Å². The first-order chi connectivity index (χ1) is 15.8. The molecule has 0 saturated carbocycles. The SMILES string of the molecule is COc1cc2ncnc(Nc3cccc(Cl)c3F)c2cc1O[C@@H]1C[C@@H](C(=O)N(C)C)N(C)C1. The quantitative estimate of drug-likeness (QED) is 0.584. The van der Waals surface area contributed by atoms with Crippen LogP contribution in [0.2, 0.25) is 5.02 Å². The summed E-state index contributed by atoms with van der Waals surface area (Å²) in [5.74, 6) is 0.869. The first-order valence-electron chi connectivity index (χ1n) is 10.4. The van der Waals surface area contributed by atoms with Crippen LogP contribution in [0, 0.1) is 5.82 Å². The molecule has 174 valence electrons. The Kier molecular flexibility index (Phi) is 6.53. The normalized spacial score (nSPS) is 18.4. The monoisotopic (exact) mass is 473 g/mol. The van der Waals surface area contributed by atoms with Crippen LogP contribution in [-0.2, 0) is 4.79 Å². The first kappa shape index (κ1) is 23.0. The molecule has 1 fully saturated rings. The molecule has 33 heavy (non-hydrogen) atoms. The number of aromatic nitrogens is 2. The van der Waals surface area contributed by atoms with Crippen LogP contribution in [0.3, 0.4) is 0 Å². The van der Waals surface area contributed by atoms with Gasteiger partial charge in [-0.15, -0.1) is 0 Å². The average molecular weight is 474 g/mol. The van der Waals surface area contributed by atoms with E-state index < -0.39 is 5.82 Å². The Morgan fingerprint density at radius 2 is 2.06 bits per heavy atom. The highest BCUT2D eigenvalue weighted by atomic mass is 35.5. The highest BCUT2D eigenvalue weighted by Crippen LogP contribution is 2.37. The summed E-state index contributed by atoms with van der Waals surface area (Å²) >= 11 is 5.91. The maximum absolute atomic E-state index is 14.4. The Morgan fingerprint density at radius 3 is 2.79 bits per heavy atom. The Labute approximate surface area is 196 Å². The molecule has 2 heterocycles. The second-order valence-corrected chi connectivity index (χ2v) is 8.54. The molecule has 0 spiro atoms. The Hall–Kier alpha value is -3.17. The van der Waals surface area contributed by atoms with Gasteiger partial charge < -0.3 is 19.7 Å². The lowest BCUT2D eigenvalue weighted by atomic mass is 10.1. The van der Waals surface area contributed by atoms with E-state index in [0.717, 1.165) is 0 Å². The van der Waals surface area contributed by atoms with Gasteiger partial charge in [-0.1, -0.05) is 17.7 Å². The molecule has 1 aliphatic rings. The van der Waals surface area contributed by atoms with E-state index in [1.807, 2.05) is 11.9 Å². The molecule has 4 rings (SSSR count). The zero-order valence-electron chi connectivity index (χ0n) is 18.8. The number of likely N-dealkylation sites (tertiary alicyclic amines) is 1. The molecule has 3 aromatic rings. The van der Waals surface area contributed by atoms with Gasteiger partial charge in [0.15, 0.2) is 17.3 Å². The predicted octanol–water partition coefficient (Wildman–Crippen LogP) is 3.71. The lowest BCUT2D eigenvalue weighted by Gasteiger charge is -2.21. The maximum Gasteiger partial charge on any atom is 0.239 e. The van der Waals surface area contributed by atoms with Crippen molar-refractivity contribution in [2.24, 2.45) is 0 Å². The molecule has 8 nitrogen and oxygen atoms in total. The number of benzene rings is 2. The summed E-state index contributed by atoms with van der Waals surface area (Å²) < 4.78 is 26.2. The second-order valence-electron chi connectivity index (χ2n) is 8.13. The second kappa shape index (κ2) is 9.36. The number of carbonyl (C=O) groups excluding carboxylic acids is 1. The molecule has 1 saturated heterocycles. The average Bonchev–Trinajstić information content (AvgIpc) is 3.16. The van der Waals surface area contributed by atoms with Crippen LogP contribution in [0.15, 0.2) is 36.7 Å². The summed E-state index contributed by atoms with van der Waals surface area (Å²) in [4.78, 5) is 24.6. The van der Waals surface area contributed by atoms with Crippen LogP contribution in [0.1, 0.15) is 6.42 Å². The molecule has 2 atom stereocenters. The molecule has 1 N–H and O–H groups in total. The number of halogens is 2. The van der Waals surface area contributed by atoms with Gasteiger partial charge in [0.2, 0.25) is 5.91 Å². The predicted molar refractivity (Wildman–Crippen MR) is 125 cm³/mol. The summed E-state index contributed by atoms with van der Waals surface area (Å²) in [6.07, 6.45) is 1.73. The van der Waals surface area contributed by atoms with E-state index in [-0.39, 0.29) is 28.8 Å². The van der Waals surface area contributed by atoms with Crippen molar-refractivity contribution < 1.29 is 18.7 Å². The third-order valence-electron chi connectivity index (χ3n) is 5.65. The molecule has 1 aromatic heterocycles. The molecule has 0 radical (unpaired) electrons. The smallest absolute Gasteiger partial charge is 0.239 e. The van der Waals surface area contributed by atoms with E-state index in [1.165, 1.54) is 12.4 Å². The molecule has 1 aliphatic heterocycles. The Bertz CT molecular complexity index is 1190. The van der Waals surface area contributed by atoms with Crippen LogP contribution in [-0.4, -0.2) is 72.6 Å². The molecule has 2 aromatic carbocycles. The number of ether oxygens (including phenoxy) is 2. The molecule has 0 unspecified atom stereocenters. The van der Waals surface area contributed by atoms with Crippen molar-refractivity contribution in [2.45, 2.75) is 18.6 Å². The molecular weight excluding hydrogens is 449 g/mol. The van der Waals surface area contributed by atoms with Crippen molar-refractivity contribution >= 4 is 39.9 Å². The van der Waals surface area contributed by atoms with Crippen LogP contribution in [0.5, 0.6) is 11.5 Å². The topological polar surface area (TPSA) is 79.8 Å². The van der Waals surface area contributed by atoms with Gasteiger partial charge >= 0.3 is 0 Å². The van der Waals surface area contributed by atoms with Crippen LogP contribution in [0.4, 0.5) is 15.9 Å². The van der Waals surface area contributed by atoms with Gasteiger partial charge in [-0.25, -0.2) is 14.4 Å². The van der Waals surface area contributed by atoms with E-state index in [0.29, 0.717) is 41.2 Å². The van der Waals surface area contributed by atoms with E-state index in [9.17, 15) is 9.18 Å². The highest BCUT2D eigenvalue weighted by Gasteiger charge is 2.36. The summed E-state index contributed by atoms with van der Waals surface area (Å²) in [6, 6.07) is 7.96. The van der Waals surface area contributed by atoms with Crippen molar-refractivity contribution in [2.75, 3.05) is 40.1 Å². The lowest BCUT2D eigenvalue weighted by molar-refractivity contribution is -0.133. The van der Waals surface area contributed by atoms with Crippen molar-refractivity contribution in [3.05, 3.63) is 47.5 Å². The van der Waals surface area contributed by atoms with E-state index in [4.69, 9.17) is 21.1 Å². The molecule has 10 heteroatoms. The summed E-state index contributed by atoms with van der Waals surface area (Å²) in [5.41, 5.74) is 0.798. The summed E-state index contributed by atoms with van der Waals surface area (Å²) in [7, 11) is 6.94. The number of nitrogens with one attached hydrogen (secondary N) is 1. The minimum Gasteiger partial charge on any atom is -0.493 e. The minimum absolute atomic E-state index is 0.0104. The minimum atomic E-state index is -0.568. The highest BCUT2D eigenvalue weighted by molar-refractivity contribution is 6.31. The molecular formula is C23H25ClFN5O3. The third kappa shape index (κ3) is 4.65. The van der Waals surface area contributed by atoms with E-state index in [2.05, 4.69) is 15.3 Å². The number of amides is 1. The Balaban J connectivity index is 1.65. The fraction of sp³-hybridized carbons (Fsp3) is 0.348. The fourth-order valence-electron chi connectivity index (χ4n) is 3.95. The number of carbonyl (C=O) groups is 1. The van der Waals surface area contributed by atoms with Crippen molar-refractivity contribution in [3.63, 3.8) is 0 Å². The first-order valence-corrected chi connectivity index (χ1v) is 10.8.